The molecular weight excluding hydrogens is 386 g/mol. The van der Waals surface area contributed by atoms with Gasteiger partial charge in [0.2, 0.25) is 0 Å². The van der Waals surface area contributed by atoms with Gasteiger partial charge in [-0.15, -0.1) is 0 Å². The number of ether oxygens (including phenoxy) is 1. The highest BCUT2D eigenvalue weighted by molar-refractivity contribution is 9.10. The minimum absolute atomic E-state index is 0.299. The van der Waals surface area contributed by atoms with Crippen molar-refractivity contribution in [2.45, 2.75) is 6.61 Å². The zero-order valence-corrected chi connectivity index (χ0v) is 13.0. The van der Waals surface area contributed by atoms with Gasteiger partial charge >= 0.3 is 0 Å². The van der Waals surface area contributed by atoms with Gasteiger partial charge in [0.15, 0.2) is 0 Å². The van der Waals surface area contributed by atoms with E-state index in [1.807, 2.05) is 12.1 Å². The molecule has 0 bridgehead atoms. The average molecular weight is 394 g/mol. The Morgan fingerprint density at radius 1 is 1.11 bits per heavy atom. The van der Waals surface area contributed by atoms with Gasteiger partial charge in [0.1, 0.15) is 18.2 Å². The lowest BCUT2D eigenvalue weighted by molar-refractivity contribution is 0.304. The second kappa shape index (κ2) is 6.04. The van der Waals surface area contributed by atoms with Gasteiger partial charge in [-0.05, 0) is 40.2 Å². The van der Waals surface area contributed by atoms with Crippen LogP contribution >= 0.6 is 43.5 Å². The summed E-state index contributed by atoms with van der Waals surface area (Å²) in [7, 11) is 0. The molecule has 1 nitrogen and oxygen atoms in total. The monoisotopic (exact) mass is 392 g/mol. The van der Waals surface area contributed by atoms with Crippen molar-refractivity contribution in [1.82, 2.24) is 0 Å². The average Bonchev–Trinajstić information content (AvgIpc) is 2.32. The van der Waals surface area contributed by atoms with E-state index in [1.165, 1.54) is 6.07 Å². The maximum atomic E-state index is 13.3. The Bertz CT molecular complexity index is 575. The highest BCUT2D eigenvalue weighted by Gasteiger charge is 2.04. The summed E-state index contributed by atoms with van der Waals surface area (Å²) >= 11 is 12.5. The Balaban J connectivity index is 2.09. The molecule has 2 aromatic carbocycles. The number of rotatable bonds is 3. The second-order valence-electron chi connectivity index (χ2n) is 3.60. The Hall–Kier alpha value is -0.580. The quantitative estimate of drug-likeness (QED) is 0.660. The number of hydrogen-bond donors (Lipinski definition) is 0. The molecule has 0 aliphatic heterocycles. The van der Waals surface area contributed by atoms with Gasteiger partial charge in [-0.3, -0.25) is 0 Å². The van der Waals surface area contributed by atoms with Crippen molar-refractivity contribution in [1.29, 1.82) is 0 Å². The first-order valence-electron chi connectivity index (χ1n) is 5.08. The minimum atomic E-state index is -0.352. The van der Waals surface area contributed by atoms with Crippen LogP contribution in [0.2, 0.25) is 5.02 Å². The Morgan fingerprint density at radius 3 is 2.56 bits per heavy atom. The Kier molecular flexibility index (Phi) is 4.65. The third-order valence-corrected chi connectivity index (χ3v) is 3.79. The lowest BCUT2D eigenvalue weighted by Crippen LogP contribution is -1.96. The molecule has 0 heterocycles. The topological polar surface area (TPSA) is 9.23 Å². The Labute approximate surface area is 126 Å². The van der Waals surface area contributed by atoms with Gasteiger partial charge in [0, 0.05) is 21.1 Å². The molecule has 0 aliphatic rings. The van der Waals surface area contributed by atoms with Crippen LogP contribution in [0, 0.1) is 5.82 Å². The predicted octanol–water partition coefficient (Wildman–Crippen LogP) is 5.58. The van der Waals surface area contributed by atoms with Crippen molar-refractivity contribution < 1.29 is 9.13 Å². The standard InChI is InChI=1S/C13H8Br2ClFO/c14-9-2-1-8(12(16)5-9)7-18-10-3-4-11(15)13(17)6-10/h1-6H,7H2. The first-order chi connectivity index (χ1) is 8.56. The fourth-order valence-corrected chi connectivity index (χ4v) is 2.34. The summed E-state index contributed by atoms with van der Waals surface area (Å²) in [6.07, 6.45) is 0. The van der Waals surface area contributed by atoms with E-state index in [0.717, 1.165) is 10.0 Å². The summed E-state index contributed by atoms with van der Waals surface area (Å²) in [5.74, 6) is 0.115. The van der Waals surface area contributed by atoms with Gasteiger partial charge in [0.25, 0.3) is 0 Å². The van der Waals surface area contributed by atoms with E-state index in [4.69, 9.17) is 16.3 Å². The predicted molar refractivity (Wildman–Crippen MR) is 77.6 cm³/mol. The number of benzene rings is 2. The summed E-state index contributed by atoms with van der Waals surface area (Å²) in [5, 5.41) is 0.613. The van der Waals surface area contributed by atoms with Crippen LogP contribution in [0.1, 0.15) is 5.56 Å². The number of halogens is 4. The molecule has 0 aromatic heterocycles. The minimum Gasteiger partial charge on any atom is -0.489 e. The first-order valence-corrected chi connectivity index (χ1v) is 7.04. The molecule has 5 heteroatoms. The van der Waals surface area contributed by atoms with Gasteiger partial charge in [-0.1, -0.05) is 33.6 Å². The van der Waals surface area contributed by atoms with E-state index in [-0.39, 0.29) is 5.82 Å². The third kappa shape index (κ3) is 3.46. The van der Waals surface area contributed by atoms with Crippen molar-refractivity contribution in [2.24, 2.45) is 0 Å². The smallest absolute Gasteiger partial charge is 0.141 e. The molecule has 0 fully saturated rings. The van der Waals surface area contributed by atoms with Crippen molar-refractivity contribution in [3.8, 4) is 5.75 Å². The van der Waals surface area contributed by atoms with Gasteiger partial charge in [-0.25, -0.2) is 4.39 Å². The summed E-state index contributed by atoms with van der Waals surface area (Å²) in [6, 6.07) is 10.2. The van der Waals surface area contributed by atoms with E-state index in [1.54, 1.807) is 18.2 Å². The number of hydrogen-bond acceptors (Lipinski definition) is 1. The highest BCUT2D eigenvalue weighted by atomic mass is 79.9. The van der Waals surface area contributed by atoms with Crippen molar-refractivity contribution in [3.63, 3.8) is 0 Å². The maximum absolute atomic E-state index is 13.3. The molecule has 2 rings (SSSR count). The Morgan fingerprint density at radius 2 is 1.89 bits per heavy atom. The van der Waals surface area contributed by atoms with Gasteiger partial charge < -0.3 is 4.74 Å². The van der Waals surface area contributed by atoms with Crippen LogP contribution in [0.3, 0.4) is 0 Å². The molecule has 94 valence electrons. The van der Waals surface area contributed by atoms with Crippen LogP contribution in [0.5, 0.6) is 5.75 Å². The van der Waals surface area contributed by atoms with Crippen molar-refractivity contribution >= 4 is 43.5 Å². The molecule has 0 N–H and O–H groups in total. The lowest BCUT2D eigenvalue weighted by Gasteiger charge is -2.08. The van der Waals surface area contributed by atoms with Crippen LogP contribution in [-0.2, 0) is 6.61 Å². The van der Waals surface area contributed by atoms with Crippen LogP contribution < -0.4 is 4.74 Å². The molecular formula is C13H8Br2ClFO. The van der Waals surface area contributed by atoms with Crippen LogP contribution in [0.25, 0.3) is 0 Å². The van der Waals surface area contributed by atoms with E-state index >= 15 is 0 Å². The molecule has 0 saturated carbocycles. The molecule has 0 amide bonds. The maximum Gasteiger partial charge on any atom is 0.141 e. The summed E-state index contributed by atoms with van der Waals surface area (Å²) in [5.41, 5.74) is 0.850. The fraction of sp³-hybridized carbons (Fsp3) is 0.0769. The zero-order chi connectivity index (χ0) is 13.1. The molecule has 0 unspecified atom stereocenters. The fourth-order valence-electron chi connectivity index (χ4n) is 1.37. The van der Waals surface area contributed by atoms with Crippen LogP contribution in [0.15, 0.2) is 45.3 Å². The zero-order valence-electron chi connectivity index (χ0n) is 9.09. The normalized spacial score (nSPS) is 10.4. The SMILES string of the molecule is Fc1cc(OCc2ccc(Br)cc2Cl)ccc1Br. The summed E-state index contributed by atoms with van der Waals surface area (Å²) < 4.78 is 20.1. The van der Waals surface area contributed by atoms with Crippen LogP contribution in [0.4, 0.5) is 4.39 Å². The molecule has 0 saturated heterocycles. The van der Waals surface area contributed by atoms with Gasteiger partial charge in [-0.2, -0.15) is 0 Å². The highest BCUT2D eigenvalue weighted by Crippen LogP contribution is 2.25. The molecule has 18 heavy (non-hydrogen) atoms. The van der Waals surface area contributed by atoms with E-state index < -0.39 is 0 Å². The van der Waals surface area contributed by atoms with Crippen LogP contribution in [-0.4, -0.2) is 0 Å². The van der Waals surface area contributed by atoms with E-state index in [2.05, 4.69) is 31.9 Å². The molecule has 0 atom stereocenters. The van der Waals surface area contributed by atoms with Crippen molar-refractivity contribution in [3.05, 3.63) is 61.7 Å². The summed E-state index contributed by atoms with van der Waals surface area (Å²) in [6.45, 7) is 0.299. The van der Waals surface area contributed by atoms with E-state index in [9.17, 15) is 4.39 Å². The van der Waals surface area contributed by atoms with Crippen molar-refractivity contribution in [2.75, 3.05) is 0 Å². The summed E-state index contributed by atoms with van der Waals surface area (Å²) in [4.78, 5) is 0. The van der Waals surface area contributed by atoms with E-state index in [0.29, 0.717) is 21.9 Å². The lowest BCUT2D eigenvalue weighted by atomic mass is 10.2. The largest absolute Gasteiger partial charge is 0.489 e. The molecule has 0 spiro atoms. The molecule has 0 radical (unpaired) electrons. The molecule has 0 aliphatic carbocycles. The third-order valence-electron chi connectivity index (χ3n) is 2.30. The van der Waals surface area contributed by atoms with Gasteiger partial charge in [0.05, 0.1) is 4.47 Å². The second-order valence-corrected chi connectivity index (χ2v) is 5.78. The molecule has 2 aromatic rings. The first kappa shape index (κ1) is 13.8.